The van der Waals surface area contributed by atoms with Gasteiger partial charge in [0, 0.05) is 12.2 Å². The Morgan fingerprint density at radius 3 is 1.87 bits per heavy atom. The van der Waals surface area contributed by atoms with Gasteiger partial charge in [-0.1, -0.05) is 13.8 Å². The Kier molecular flexibility index (Phi) is 12.0. The van der Waals surface area contributed by atoms with E-state index in [0.717, 1.165) is 0 Å². The Morgan fingerprint density at radius 1 is 0.933 bits per heavy atom. The van der Waals surface area contributed by atoms with Crippen LogP contribution in [0, 0.1) is 5.92 Å². The zero-order valence-corrected chi connectivity index (χ0v) is 18.0. The fourth-order valence-electron chi connectivity index (χ4n) is 2.32. The van der Waals surface area contributed by atoms with Gasteiger partial charge in [0.1, 0.15) is 18.1 Å². The molecule has 0 saturated heterocycles. The highest BCUT2D eigenvalue weighted by Crippen LogP contribution is 2.04. The number of rotatable bonds is 13. The number of primary amides is 1. The first-order chi connectivity index (χ1) is 13.8. The van der Waals surface area contributed by atoms with Gasteiger partial charge >= 0.3 is 5.97 Å². The number of carbonyl (C=O) groups is 5. The van der Waals surface area contributed by atoms with Crippen LogP contribution < -0.4 is 27.4 Å². The number of hydrogen-bond donors (Lipinski definition) is 8. The van der Waals surface area contributed by atoms with Gasteiger partial charge in [-0.3, -0.25) is 19.2 Å². The van der Waals surface area contributed by atoms with Gasteiger partial charge in [0.2, 0.25) is 23.6 Å². The lowest BCUT2D eigenvalue weighted by Crippen LogP contribution is -2.60. The summed E-state index contributed by atoms with van der Waals surface area (Å²) >= 11 is 3.99. The minimum atomic E-state index is -1.47. The van der Waals surface area contributed by atoms with Crippen molar-refractivity contribution in [3.05, 3.63) is 0 Å². The number of carbonyl (C=O) groups excluding carboxylic acids is 4. The predicted molar refractivity (Wildman–Crippen MR) is 110 cm³/mol. The smallest absolute Gasteiger partial charge is 0.326 e. The fraction of sp³-hybridized carbons (Fsp3) is 0.706. The average Bonchev–Trinajstić information content (AvgIpc) is 2.64. The van der Waals surface area contributed by atoms with E-state index in [1.807, 2.05) is 0 Å². The third-order valence-electron chi connectivity index (χ3n) is 4.15. The van der Waals surface area contributed by atoms with Crippen LogP contribution in [0.4, 0.5) is 0 Å². The second-order valence-electron chi connectivity index (χ2n) is 7.15. The summed E-state index contributed by atoms with van der Waals surface area (Å²) in [6.45, 7) is 4.41. The molecule has 13 heteroatoms. The molecule has 0 aliphatic heterocycles. The molecule has 12 nitrogen and oxygen atoms in total. The molecule has 0 bridgehead atoms. The standard InChI is InChI=1S/C17H31N5O7S/c1-7(2)12(17(28)29)21-16(27)13(8(3)23)22-15(26)10(6-30)20-14(25)9(18)4-5-11(19)24/h7-10,12-13,23,30H,4-6,18H2,1-3H3,(H2,19,24)(H,20,25)(H,21,27)(H,22,26)(H,28,29). The van der Waals surface area contributed by atoms with Gasteiger partial charge in [-0.15, -0.1) is 0 Å². The van der Waals surface area contributed by atoms with Crippen molar-refractivity contribution < 1.29 is 34.2 Å². The molecular formula is C17H31N5O7S. The normalized spacial score (nSPS) is 16.0. The lowest BCUT2D eigenvalue weighted by atomic mass is 10.0. The van der Waals surface area contributed by atoms with E-state index in [0.29, 0.717) is 0 Å². The lowest BCUT2D eigenvalue weighted by Gasteiger charge is -2.26. The summed E-state index contributed by atoms with van der Waals surface area (Å²) in [7, 11) is 0. The number of carboxylic acids is 1. The molecule has 0 spiro atoms. The van der Waals surface area contributed by atoms with E-state index in [-0.39, 0.29) is 18.6 Å². The number of hydrogen-bond acceptors (Lipinski definition) is 8. The quantitative estimate of drug-likeness (QED) is 0.136. The van der Waals surface area contributed by atoms with Crippen LogP contribution in [0.5, 0.6) is 0 Å². The summed E-state index contributed by atoms with van der Waals surface area (Å²) in [4.78, 5) is 59.0. The molecule has 0 radical (unpaired) electrons. The van der Waals surface area contributed by atoms with Crippen LogP contribution in [0.15, 0.2) is 0 Å². The maximum Gasteiger partial charge on any atom is 0.326 e. The van der Waals surface area contributed by atoms with Gasteiger partial charge in [-0.2, -0.15) is 12.6 Å². The van der Waals surface area contributed by atoms with Crippen LogP contribution in [-0.4, -0.2) is 75.8 Å². The van der Waals surface area contributed by atoms with E-state index >= 15 is 0 Å². The van der Waals surface area contributed by atoms with Crippen molar-refractivity contribution in [3.63, 3.8) is 0 Å². The molecule has 9 N–H and O–H groups in total. The van der Waals surface area contributed by atoms with E-state index in [1.54, 1.807) is 13.8 Å². The molecule has 0 aromatic rings. The highest BCUT2D eigenvalue weighted by molar-refractivity contribution is 7.80. The molecule has 5 atom stereocenters. The molecule has 172 valence electrons. The van der Waals surface area contributed by atoms with E-state index < -0.39 is 65.8 Å². The largest absolute Gasteiger partial charge is 0.480 e. The van der Waals surface area contributed by atoms with Crippen LogP contribution in [0.1, 0.15) is 33.6 Å². The summed E-state index contributed by atoms with van der Waals surface area (Å²) in [5, 5.41) is 25.9. The van der Waals surface area contributed by atoms with Crippen molar-refractivity contribution >= 4 is 42.2 Å². The van der Waals surface area contributed by atoms with E-state index in [2.05, 4.69) is 28.6 Å². The molecule has 4 amide bonds. The number of nitrogens with one attached hydrogen (secondary N) is 3. The Labute approximate surface area is 179 Å². The third kappa shape index (κ3) is 9.41. The van der Waals surface area contributed by atoms with Gasteiger partial charge in [-0.05, 0) is 19.3 Å². The highest BCUT2D eigenvalue weighted by Gasteiger charge is 2.33. The van der Waals surface area contributed by atoms with Crippen molar-refractivity contribution in [2.75, 3.05) is 5.75 Å². The number of aliphatic hydroxyl groups is 1. The Morgan fingerprint density at radius 2 is 1.47 bits per heavy atom. The van der Waals surface area contributed by atoms with E-state index in [1.165, 1.54) is 6.92 Å². The number of amides is 4. The van der Waals surface area contributed by atoms with E-state index in [4.69, 9.17) is 11.5 Å². The van der Waals surface area contributed by atoms with Crippen LogP contribution in [0.2, 0.25) is 0 Å². The number of thiol groups is 1. The molecule has 5 unspecified atom stereocenters. The number of aliphatic hydroxyl groups excluding tert-OH is 1. The first kappa shape index (κ1) is 27.6. The highest BCUT2D eigenvalue weighted by atomic mass is 32.1. The first-order valence-corrected chi connectivity index (χ1v) is 9.91. The van der Waals surface area contributed by atoms with Crippen LogP contribution >= 0.6 is 12.6 Å². The van der Waals surface area contributed by atoms with Crippen molar-refractivity contribution in [1.29, 1.82) is 0 Å². The number of carboxylic acid groups (broad SMARTS) is 1. The van der Waals surface area contributed by atoms with Gasteiger partial charge in [0.05, 0.1) is 12.1 Å². The minimum absolute atomic E-state index is 0.0213. The zero-order valence-electron chi connectivity index (χ0n) is 17.1. The molecule has 0 aromatic carbocycles. The Balaban J connectivity index is 5.13. The average molecular weight is 450 g/mol. The molecular weight excluding hydrogens is 418 g/mol. The van der Waals surface area contributed by atoms with Crippen molar-refractivity contribution in [1.82, 2.24) is 16.0 Å². The molecule has 0 heterocycles. The second kappa shape index (κ2) is 13.0. The molecule has 0 aliphatic rings. The van der Waals surface area contributed by atoms with Crippen LogP contribution in [0.25, 0.3) is 0 Å². The third-order valence-corrected chi connectivity index (χ3v) is 4.51. The summed E-state index contributed by atoms with van der Waals surface area (Å²) in [6, 6.07) is -4.99. The molecule has 0 fully saturated rings. The predicted octanol–water partition coefficient (Wildman–Crippen LogP) is -2.92. The minimum Gasteiger partial charge on any atom is -0.480 e. The Hall–Kier alpha value is -2.38. The van der Waals surface area contributed by atoms with Crippen molar-refractivity contribution in [2.24, 2.45) is 17.4 Å². The number of nitrogens with two attached hydrogens (primary N) is 2. The maximum atomic E-state index is 12.5. The maximum absolute atomic E-state index is 12.5. The molecule has 30 heavy (non-hydrogen) atoms. The molecule has 0 saturated carbocycles. The summed E-state index contributed by atoms with van der Waals surface area (Å²) < 4.78 is 0. The SMILES string of the molecule is CC(C)C(NC(=O)C(NC(=O)C(CS)NC(=O)C(N)CCC(N)=O)C(C)O)C(=O)O. The lowest BCUT2D eigenvalue weighted by molar-refractivity contribution is -0.144. The van der Waals surface area contributed by atoms with Crippen molar-refractivity contribution in [3.8, 4) is 0 Å². The Bertz CT molecular complexity index is 644. The van der Waals surface area contributed by atoms with Gasteiger partial charge in [-0.25, -0.2) is 4.79 Å². The fourth-order valence-corrected chi connectivity index (χ4v) is 2.57. The topological polar surface area (TPSA) is 214 Å². The first-order valence-electron chi connectivity index (χ1n) is 9.28. The summed E-state index contributed by atoms with van der Waals surface area (Å²) in [6.07, 6.45) is -1.49. The van der Waals surface area contributed by atoms with Crippen LogP contribution in [-0.2, 0) is 24.0 Å². The van der Waals surface area contributed by atoms with Gasteiger partial charge in [0.25, 0.3) is 0 Å². The molecule has 0 aliphatic carbocycles. The van der Waals surface area contributed by atoms with Crippen LogP contribution in [0.3, 0.4) is 0 Å². The summed E-state index contributed by atoms with van der Waals surface area (Å²) in [5.41, 5.74) is 10.6. The van der Waals surface area contributed by atoms with Gasteiger partial charge in [0.15, 0.2) is 0 Å². The molecule has 0 aromatic heterocycles. The monoisotopic (exact) mass is 449 g/mol. The molecule has 0 rings (SSSR count). The second-order valence-corrected chi connectivity index (χ2v) is 7.52. The van der Waals surface area contributed by atoms with E-state index in [9.17, 15) is 34.2 Å². The zero-order chi connectivity index (χ0) is 23.6. The summed E-state index contributed by atoms with van der Waals surface area (Å²) in [5.74, 6) is -4.96. The number of aliphatic carboxylic acids is 1. The van der Waals surface area contributed by atoms with Gasteiger partial charge < -0.3 is 37.6 Å². The van der Waals surface area contributed by atoms with Crippen molar-refractivity contribution in [2.45, 2.75) is 63.9 Å².